The Bertz CT molecular complexity index is 651. The minimum atomic E-state index is 0. The van der Waals surface area contributed by atoms with Gasteiger partial charge in [-0.2, -0.15) is 0 Å². The summed E-state index contributed by atoms with van der Waals surface area (Å²) in [5.74, 6) is 1.34. The highest BCUT2D eigenvalue weighted by Crippen LogP contribution is 2.19. The topological polar surface area (TPSA) is 62.2 Å². The number of nitrogens with zero attached hydrogens (tertiary/aromatic N) is 3. The largest absolute Gasteiger partial charge is 0.357 e. The van der Waals surface area contributed by atoms with Crippen molar-refractivity contribution in [2.75, 3.05) is 13.1 Å². The van der Waals surface area contributed by atoms with E-state index in [4.69, 9.17) is 0 Å². The molecule has 0 spiro atoms. The van der Waals surface area contributed by atoms with Gasteiger partial charge in [0.15, 0.2) is 5.96 Å². The zero-order valence-corrected chi connectivity index (χ0v) is 19.3. The van der Waals surface area contributed by atoms with E-state index in [0.29, 0.717) is 12.5 Å². The van der Waals surface area contributed by atoms with Gasteiger partial charge in [0.25, 0.3) is 0 Å². The van der Waals surface area contributed by atoms with Gasteiger partial charge in [0.1, 0.15) is 5.01 Å². The number of guanidine groups is 1. The second-order valence-electron chi connectivity index (χ2n) is 5.78. The van der Waals surface area contributed by atoms with Gasteiger partial charge in [-0.25, -0.2) is 15.0 Å². The van der Waals surface area contributed by atoms with Gasteiger partial charge in [0, 0.05) is 41.9 Å². The fourth-order valence-corrected chi connectivity index (χ4v) is 3.74. The molecule has 0 unspecified atom stereocenters. The van der Waals surface area contributed by atoms with Gasteiger partial charge in [0.2, 0.25) is 0 Å². The predicted molar refractivity (Wildman–Crippen MR) is 120 cm³/mol. The molecule has 8 heteroatoms. The van der Waals surface area contributed by atoms with Crippen LogP contribution in [0.5, 0.6) is 0 Å². The molecule has 0 aliphatic rings. The molecule has 2 N–H and O–H groups in total. The quantitative estimate of drug-likeness (QED) is 0.329. The molecule has 2 rings (SSSR count). The van der Waals surface area contributed by atoms with Crippen LogP contribution in [0.2, 0.25) is 0 Å². The zero-order chi connectivity index (χ0) is 17.4. The average Bonchev–Trinajstić information content (AvgIpc) is 3.21. The summed E-state index contributed by atoms with van der Waals surface area (Å²) in [7, 11) is 0. The van der Waals surface area contributed by atoms with Crippen molar-refractivity contribution in [2.24, 2.45) is 4.99 Å². The van der Waals surface area contributed by atoms with Crippen LogP contribution in [0, 0.1) is 0 Å². The molecular weight excluding hydrogens is 465 g/mol. The normalized spacial score (nSPS) is 11.5. The number of aliphatic imine (C=N–C) groups is 1. The third-order valence-corrected chi connectivity index (χ3v) is 5.72. The van der Waals surface area contributed by atoms with Crippen LogP contribution in [0.1, 0.15) is 54.2 Å². The highest BCUT2D eigenvalue weighted by atomic mass is 127. The molecule has 0 amide bonds. The van der Waals surface area contributed by atoms with E-state index in [2.05, 4.69) is 58.7 Å². The molecule has 0 aliphatic heterocycles. The fraction of sp³-hybridized carbons (Fsp3) is 0.588. The van der Waals surface area contributed by atoms with Gasteiger partial charge >= 0.3 is 0 Å². The summed E-state index contributed by atoms with van der Waals surface area (Å²) in [6, 6.07) is 0. The highest BCUT2D eigenvalue weighted by molar-refractivity contribution is 14.0. The van der Waals surface area contributed by atoms with Crippen molar-refractivity contribution in [3.05, 3.63) is 32.2 Å². The lowest BCUT2D eigenvalue weighted by molar-refractivity contribution is 0.780. The fourth-order valence-electron chi connectivity index (χ4n) is 2.08. The van der Waals surface area contributed by atoms with Gasteiger partial charge in [-0.3, -0.25) is 0 Å². The van der Waals surface area contributed by atoms with Crippen molar-refractivity contribution < 1.29 is 0 Å². The van der Waals surface area contributed by atoms with E-state index in [-0.39, 0.29) is 24.0 Å². The molecule has 0 bridgehead atoms. The first-order valence-corrected chi connectivity index (χ1v) is 10.2. The first-order valence-electron chi connectivity index (χ1n) is 8.52. The standard InChI is InChI=1S/C17H27N5S2.HI/c1-5-14-9-20-15(24-14)10-21-17(18-6-2)19-8-7-13-11-23-16(22-13)12(3)4;/h9,11-12H,5-8,10H2,1-4H3,(H2,18,19,21);1H. The van der Waals surface area contributed by atoms with Crippen LogP contribution in [0.3, 0.4) is 0 Å². The summed E-state index contributed by atoms with van der Waals surface area (Å²) >= 11 is 3.48. The van der Waals surface area contributed by atoms with E-state index >= 15 is 0 Å². The molecule has 0 fully saturated rings. The molecule has 0 saturated heterocycles. The number of thiazole rings is 2. The average molecular weight is 493 g/mol. The lowest BCUT2D eigenvalue weighted by Crippen LogP contribution is -2.38. The summed E-state index contributed by atoms with van der Waals surface area (Å²) in [5, 5.41) is 11.1. The molecule has 25 heavy (non-hydrogen) atoms. The molecule has 5 nitrogen and oxygen atoms in total. The molecule has 0 aliphatic carbocycles. The highest BCUT2D eigenvalue weighted by Gasteiger charge is 2.06. The van der Waals surface area contributed by atoms with Crippen molar-refractivity contribution in [2.45, 2.75) is 53.0 Å². The maximum Gasteiger partial charge on any atom is 0.191 e. The van der Waals surface area contributed by atoms with Crippen molar-refractivity contribution in [3.63, 3.8) is 0 Å². The van der Waals surface area contributed by atoms with Crippen molar-refractivity contribution >= 4 is 52.6 Å². The van der Waals surface area contributed by atoms with Crippen molar-refractivity contribution in [1.82, 2.24) is 20.6 Å². The smallest absolute Gasteiger partial charge is 0.191 e. The van der Waals surface area contributed by atoms with E-state index in [0.717, 1.165) is 42.6 Å². The summed E-state index contributed by atoms with van der Waals surface area (Å²) in [4.78, 5) is 15.0. The van der Waals surface area contributed by atoms with Crippen molar-refractivity contribution in [1.29, 1.82) is 0 Å². The Kier molecular flexibility index (Phi) is 10.5. The van der Waals surface area contributed by atoms with E-state index in [1.807, 2.05) is 6.20 Å². The Balaban J connectivity index is 0.00000312. The minimum absolute atomic E-state index is 0. The van der Waals surface area contributed by atoms with Crippen LogP contribution in [0.25, 0.3) is 0 Å². The van der Waals surface area contributed by atoms with Gasteiger partial charge in [-0.05, 0) is 13.3 Å². The molecule has 140 valence electrons. The maximum absolute atomic E-state index is 4.67. The molecular formula is C17H28IN5S2. The predicted octanol–water partition coefficient (Wildman–Crippen LogP) is 4.20. The number of nitrogens with one attached hydrogen (secondary N) is 2. The molecule has 2 aromatic heterocycles. The molecule has 2 heterocycles. The summed E-state index contributed by atoms with van der Waals surface area (Å²) in [5.41, 5.74) is 1.15. The maximum atomic E-state index is 4.67. The van der Waals surface area contributed by atoms with Crippen LogP contribution in [-0.4, -0.2) is 29.0 Å². The minimum Gasteiger partial charge on any atom is -0.357 e. The second kappa shape index (κ2) is 11.8. The van der Waals surface area contributed by atoms with Crippen LogP contribution in [-0.2, 0) is 19.4 Å². The number of hydrogen-bond donors (Lipinski definition) is 2. The van der Waals surface area contributed by atoms with E-state index < -0.39 is 0 Å². The molecule has 2 aromatic rings. The van der Waals surface area contributed by atoms with Crippen molar-refractivity contribution in [3.8, 4) is 0 Å². The Labute approximate surface area is 175 Å². The monoisotopic (exact) mass is 493 g/mol. The number of rotatable bonds is 8. The Hall–Kier alpha value is -0.740. The zero-order valence-electron chi connectivity index (χ0n) is 15.3. The summed E-state index contributed by atoms with van der Waals surface area (Å²) in [6.07, 6.45) is 3.89. The SMILES string of the molecule is CCNC(=NCc1ncc(CC)s1)NCCc1csc(C(C)C)n1.I. The molecule has 0 radical (unpaired) electrons. The van der Waals surface area contributed by atoms with Gasteiger partial charge < -0.3 is 10.6 Å². The van der Waals surface area contributed by atoms with E-state index in [1.54, 1.807) is 22.7 Å². The molecule has 0 saturated carbocycles. The van der Waals surface area contributed by atoms with Gasteiger partial charge in [-0.15, -0.1) is 46.7 Å². The van der Waals surface area contributed by atoms with E-state index in [9.17, 15) is 0 Å². The van der Waals surface area contributed by atoms with E-state index in [1.165, 1.54) is 9.88 Å². The number of aromatic nitrogens is 2. The van der Waals surface area contributed by atoms with Crippen LogP contribution in [0.15, 0.2) is 16.6 Å². The Morgan fingerprint density at radius 3 is 2.68 bits per heavy atom. The lowest BCUT2D eigenvalue weighted by atomic mass is 10.2. The molecule has 0 aromatic carbocycles. The summed E-state index contributed by atoms with van der Waals surface area (Å²) in [6.45, 7) is 10.9. The Morgan fingerprint density at radius 1 is 1.28 bits per heavy atom. The third kappa shape index (κ3) is 7.57. The van der Waals surface area contributed by atoms with Crippen LogP contribution < -0.4 is 10.6 Å². The van der Waals surface area contributed by atoms with Crippen LogP contribution in [0.4, 0.5) is 0 Å². The van der Waals surface area contributed by atoms with Gasteiger partial charge in [0.05, 0.1) is 17.2 Å². The Morgan fingerprint density at radius 2 is 2.08 bits per heavy atom. The van der Waals surface area contributed by atoms with Gasteiger partial charge in [-0.1, -0.05) is 20.8 Å². The lowest BCUT2D eigenvalue weighted by Gasteiger charge is -2.10. The number of hydrogen-bond acceptors (Lipinski definition) is 5. The second-order valence-corrected chi connectivity index (χ2v) is 7.87. The first kappa shape index (κ1) is 22.3. The summed E-state index contributed by atoms with van der Waals surface area (Å²) < 4.78 is 0. The first-order chi connectivity index (χ1) is 11.6. The number of halogens is 1. The number of aryl methyl sites for hydroxylation is 1. The van der Waals surface area contributed by atoms with Crippen LogP contribution >= 0.6 is 46.7 Å². The molecule has 0 atom stereocenters. The third-order valence-electron chi connectivity index (χ3n) is 3.40.